The van der Waals surface area contributed by atoms with Crippen LogP contribution in [-0.2, 0) is 20.6 Å². The van der Waals surface area contributed by atoms with Crippen molar-refractivity contribution in [3.05, 3.63) is 53.1 Å². The van der Waals surface area contributed by atoms with Crippen LogP contribution in [0.5, 0.6) is 11.5 Å². The van der Waals surface area contributed by atoms with Crippen LogP contribution in [-0.4, -0.2) is 35.1 Å². The van der Waals surface area contributed by atoms with Crippen molar-refractivity contribution in [2.45, 2.75) is 5.75 Å². The Hall–Kier alpha value is -2.29. The van der Waals surface area contributed by atoms with Gasteiger partial charge in [-0.25, -0.2) is 13.1 Å². The fourth-order valence-corrected chi connectivity index (χ4v) is 3.46. The molecule has 0 bridgehead atoms. The molecule has 0 spiro atoms. The molecule has 9 heteroatoms. The Morgan fingerprint density at radius 1 is 1.12 bits per heavy atom. The summed E-state index contributed by atoms with van der Waals surface area (Å²) in [5, 5.41) is 3.03. The SMILES string of the molecule is COc1ccc(OC)c(NC(=O)CNS(=O)(=O)Cc2cccc(Cl)c2)c1. The first-order chi connectivity index (χ1) is 12.3. The van der Waals surface area contributed by atoms with Crippen LogP contribution in [0.3, 0.4) is 0 Å². The molecule has 0 aliphatic carbocycles. The van der Waals surface area contributed by atoms with Gasteiger partial charge >= 0.3 is 0 Å². The van der Waals surface area contributed by atoms with E-state index in [2.05, 4.69) is 10.0 Å². The number of nitrogens with one attached hydrogen (secondary N) is 2. The summed E-state index contributed by atoms with van der Waals surface area (Å²) in [6.45, 7) is -0.413. The van der Waals surface area contributed by atoms with Gasteiger partial charge in [-0.05, 0) is 29.8 Å². The number of anilines is 1. The third-order valence-electron chi connectivity index (χ3n) is 3.38. The monoisotopic (exact) mass is 398 g/mol. The van der Waals surface area contributed by atoms with Crippen molar-refractivity contribution in [1.29, 1.82) is 0 Å². The second kappa shape index (κ2) is 8.88. The molecule has 7 nitrogen and oxygen atoms in total. The zero-order chi connectivity index (χ0) is 19.2. The molecule has 26 heavy (non-hydrogen) atoms. The Kier molecular flexibility index (Phi) is 6.84. The first-order valence-electron chi connectivity index (χ1n) is 7.56. The molecule has 0 heterocycles. The van der Waals surface area contributed by atoms with E-state index in [0.717, 1.165) is 0 Å². The smallest absolute Gasteiger partial charge is 0.239 e. The van der Waals surface area contributed by atoms with E-state index in [4.69, 9.17) is 21.1 Å². The Morgan fingerprint density at radius 3 is 2.54 bits per heavy atom. The van der Waals surface area contributed by atoms with E-state index in [1.54, 1.807) is 42.5 Å². The number of halogens is 1. The van der Waals surface area contributed by atoms with Crippen LogP contribution < -0.4 is 19.5 Å². The van der Waals surface area contributed by atoms with Crippen LogP contribution >= 0.6 is 11.6 Å². The molecule has 0 aliphatic heterocycles. The minimum absolute atomic E-state index is 0.274. The first-order valence-corrected chi connectivity index (χ1v) is 9.59. The van der Waals surface area contributed by atoms with Gasteiger partial charge in [0.25, 0.3) is 0 Å². The van der Waals surface area contributed by atoms with Gasteiger partial charge in [-0.2, -0.15) is 0 Å². The van der Waals surface area contributed by atoms with Gasteiger partial charge in [-0.15, -0.1) is 0 Å². The van der Waals surface area contributed by atoms with Gasteiger partial charge in [0, 0.05) is 11.1 Å². The molecule has 2 aromatic carbocycles. The number of hydrogen-bond donors (Lipinski definition) is 2. The number of ether oxygens (including phenoxy) is 2. The molecule has 140 valence electrons. The Morgan fingerprint density at radius 2 is 1.88 bits per heavy atom. The Balaban J connectivity index is 1.98. The lowest BCUT2D eigenvalue weighted by Crippen LogP contribution is -2.33. The van der Waals surface area contributed by atoms with Crippen molar-refractivity contribution in [2.24, 2.45) is 0 Å². The molecular weight excluding hydrogens is 380 g/mol. The zero-order valence-corrected chi connectivity index (χ0v) is 15.9. The number of rotatable bonds is 8. The van der Waals surface area contributed by atoms with E-state index in [1.165, 1.54) is 14.2 Å². The minimum atomic E-state index is -3.69. The summed E-state index contributed by atoms with van der Waals surface area (Å²) in [5.74, 6) is 0.151. The molecule has 0 aliphatic rings. The van der Waals surface area contributed by atoms with E-state index in [-0.39, 0.29) is 5.75 Å². The van der Waals surface area contributed by atoms with Gasteiger partial charge < -0.3 is 14.8 Å². The van der Waals surface area contributed by atoms with Crippen LogP contribution in [0.15, 0.2) is 42.5 Å². The van der Waals surface area contributed by atoms with Gasteiger partial charge in [0.1, 0.15) is 11.5 Å². The summed E-state index contributed by atoms with van der Waals surface area (Å²) in [5.41, 5.74) is 0.908. The summed E-state index contributed by atoms with van der Waals surface area (Å²) in [4.78, 5) is 12.1. The lowest BCUT2D eigenvalue weighted by Gasteiger charge is -2.12. The van der Waals surface area contributed by atoms with E-state index in [0.29, 0.717) is 27.8 Å². The largest absolute Gasteiger partial charge is 0.497 e. The Labute approximate surface area is 157 Å². The highest BCUT2D eigenvalue weighted by Gasteiger charge is 2.15. The van der Waals surface area contributed by atoms with E-state index < -0.39 is 22.5 Å². The van der Waals surface area contributed by atoms with E-state index >= 15 is 0 Å². The Bertz CT molecular complexity index is 886. The van der Waals surface area contributed by atoms with Crippen LogP contribution in [0.2, 0.25) is 5.02 Å². The molecule has 0 fully saturated rings. The van der Waals surface area contributed by atoms with Crippen molar-refractivity contribution < 1.29 is 22.7 Å². The van der Waals surface area contributed by atoms with E-state index in [9.17, 15) is 13.2 Å². The molecule has 0 unspecified atom stereocenters. The summed E-state index contributed by atoms with van der Waals surface area (Å²) in [7, 11) is -0.732. The highest BCUT2D eigenvalue weighted by atomic mass is 35.5. The average Bonchev–Trinajstić information content (AvgIpc) is 2.59. The van der Waals surface area contributed by atoms with Crippen LogP contribution in [0.25, 0.3) is 0 Å². The molecule has 2 aromatic rings. The molecule has 0 atom stereocenters. The summed E-state index contributed by atoms with van der Waals surface area (Å²) in [6, 6.07) is 11.4. The lowest BCUT2D eigenvalue weighted by molar-refractivity contribution is -0.115. The standard InChI is InChI=1S/C17H19ClN2O5S/c1-24-14-6-7-16(25-2)15(9-14)20-17(21)10-19-26(22,23)11-12-4-3-5-13(18)8-12/h3-9,19H,10-11H2,1-2H3,(H,20,21). The summed E-state index contributed by atoms with van der Waals surface area (Å²) >= 11 is 5.84. The normalized spacial score (nSPS) is 11.0. The molecule has 0 radical (unpaired) electrons. The topological polar surface area (TPSA) is 93.7 Å². The molecule has 1 amide bonds. The molecule has 0 saturated heterocycles. The molecule has 0 aromatic heterocycles. The van der Waals surface area contributed by atoms with Crippen molar-refractivity contribution in [3.63, 3.8) is 0 Å². The van der Waals surface area contributed by atoms with Crippen molar-refractivity contribution in [3.8, 4) is 11.5 Å². The van der Waals surface area contributed by atoms with E-state index in [1.807, 2.05) is 0 Å². The highest BCUT2D eigenvalue weighted by molar-refractivity contribution is 7.88. The number of sulfonamides is 1. The molecule has 2 rings (SSSR count). The van der Waals surface area contributed by atoms with Gasteiger partial charge in [0.15, 0.2) is 0 Å². The van der Waals surface area contributed by atoms with Crippen LogP contribution in [0.1, 0.15) is 5.56 Å². The fourth-order valence-electron chi connectivity index (χ4n) is 2.18. The molecular formula is C17H19ClN2O5S. The quantitative estimate of drug-likeness (QED) is 0.712. The maximum atomic E-state index is 12.1. The predicted molar refractivity (Wildman–Crippen MR) is 100 cm³/mol. The number of amides is 1. The average molecular weight is 399 g/mol. The van der Waals surface area contributed by atoms with Crippen molar-refractivity contribution >= 4 is 33.2 Å². The summed E-state index contributed by atoms with van der Waals surface area (Å²) in [6.07, 6.45) is 0. The highest BCUT2D eigenvalue weighted by Crippen LogP contribution is 2.28. The predicted octanol–water partition coefficient (Wildman–Crippen LogP) is 2.42. The minimum Gasteiger partial charge on any atom is -0.497 e. The number of hydrogen-bond acceptors (Lipinski definition) is 5. The van der Waals surface area contributed by atoms with Crippen molar-refractivity contribution in [1.82, 2.24) is 4.72 Å². The zero-order valence-electron chi connectivity index (χ0n) is 14.3. The third kappa shape index (κ3) is 5.91. The maximum Gasteiger partial charge on any atom is 0.239 e. The summed E-state index contributed by atoms with van der Waals surface area (Å²) < 4.78 is 36.7. The van der Waals surface area contributed by atoms with Crippen LogP contribution in [0, 0.1) is 0 Å². The van der Waals surface area contributed by atoms with Crippen molar-refractivity contribution in [2.75, 3.05) is 26.1 Å². The third-order valence-corrected chi connectivity index (χ3v) is 4.91. The second-order valence-corrected chi connectivity index (χ2v) is 7.57. The van der Waals surface area contributed by atoms with Gasteiger partial charge in [0.05, 0.1) is 32.2 Å². The number of benzene rings is 2. The first kappa shape index (κ1) is 20.0. The number of carbonyl (C=O) groups excluding carboxylic acids is 1. The number of carbonyl (C=O) groups is 1. The van der Waals surface area contributed by atoms with Gasteiger partial charge in [0.2, 0.25) is 15.9 Å². The molecule has 2 N–H and O–H groups in total. The number of methoxy groups -OCH3 is 2. The van der Waals surface area contributed by atoms with Gasteiger partial charge in [-0.1, -0.05) is 23.7 Å². The van der Waals surface area contributed by atoms with Crippen LogP contribution in [0.4, 0.5) is 5.69 Å². The lowest BCUT2D eigenvalue weighted by atomic mass is 10.2. The second-order valence-electron chi connectivity index (χ2n) is 5.32. The molecule has 0 saturated carbocycles. The fraction of sp³-hybridized carbons (Fsp3) is 0.235. The maximum absolute atomic E-state index is 12.1. The van der Waals surface area contributed by atoms with Gasteiger partial charge in [-0.3, -0.25) is 4.79 Å².